The van der Waals surface area contributed by atoms with Crippen LogP contribution in [0.25, 0.3) is 0 Å². The second-order valence-electron chi connectivity index (χ2n) is 3.99. The number of nitrogens with one attached hydrogen (secondary N) is 1. The highest BCUT2D eigenvalue weighted by Crippen LogP contribution is 2.38. The topological polar surface area (TPSA) is 100 Å². The molecule has 0 saturated carbocycles. The van der Waals surface area contributed by atoms with Crippen molar-refractivity contribution in [3.63, 3.8) is 0 Å². The second kappa shape index (κ2) is 6.07. The second-order valence-corrected chi connectivity index (χ2v) is 3.99. The van der Waals surface area contributed by atoms with Crippen molar-refractivity contribution in [2.24, 2.45) is 7.05 Å². The smallest absolute Gasteiger partial charge is 0.258 e. The number of methoxy groups -OCH3 is 3. The number of tetrazole rings is 1. The summed E-state index contributed by atoms with van der Waals surface area (Å²) in [6, 6.07) is 3.08. The fourth-order valence-electron chi connectivity index (χ4n) is 1.72. The van der Waals surface area contributed by atoms with Crippen molar-refractivity contribution in [2.45, 2.75) is 0 Å². The van der Waals surface area contributed by atoms with Gasteiger partial charge < -0.3 is 14.2 Å². The summed E-state index contributed by atoms with van der Waals surface area (Å²) in [5, 5.41) is 13.3. The lowest BCUT2D eigenvalue weighted by atomic mass is 10.1. The first kappa shape index (κ1) is 14.6. The Morgan fingerprint density at radius 1 is 1.14 bits per heavy atom. The monoisotopic (exact) mass is 293 g/mol. The average molecular weight is 293 g/mol. The Hall–Kier alpha value is -2.84. The van der Waals surface area contributed by atoms with Gasteiger partial charge in [-0.25, -0.2) is 4.68 Å². The van der Waals surface area contributed by atoms with E-state index in [1.54, 1.807) is 19.2 Å². The summed E-state index contributed by atoms with van der Waals surface area (Å²) in [5.41, 5.74) is 0.326. The van der Waals surface area contributed by atoms with Crippen LogP contribution in [0.2, 0.25) is 0 Å². The Kier molecular flexibility index (Phi) is 4.21. The zero-order valence-electron chi connectivity index (χ0n) is 12.1. The number of nitrogens with zero attached hydrogens (tertiary/aromatic N) is 4. The van der Waals surface area contributed by atoms with Gasteiger partial charge in [0, 0.05) is 12.6 Å². The summed E-state index contributed by atoms with van der Waals surface area (Å²) in [4.78, 5) is 12.2. The van der Waals surface area contributed by atoms with Crippen LogP contribution in [-0.4, -0.2) is 47.4 Å². The Balaban J connectivity index is 2.35. The van der Waals surface area contributed by atoms with Gasteiger partial charge in [-0.3, -0.25) is 10.1 Å². The first-order valence-electron chi connectivity index (χ1n) is 5.94. The molecule has 0 spiro atoms. The minimum absolute atomic E-state index is 0.230. The minimum Gasteiger partial charge on any atom is -0.493 e. The predicted octanol–water partition coefficient (Wildman–Crippen LogP) is 0.488. The average Bonchev–Trinajstić information content (AvgIpc) is 2.90. The van der Waals surface area contributed by atoms with Crippen LogP contribution >= 0.6 is 0 Å². The summed E-state index contributed by atoms with van der Waals surface area (Å²) in [6.07, 6.45) is 0. The quantitative estimate of drug-likeness (QED) is 0.856. The third kappa shape index (κ3) is 2.86. The van der Waals surface area contributed by atoms with E-state index in [0.29, 0.717) is 22.8 Å². The molecule has 2 rings (SSSR count). The maximum Gasteiger partial charge on any atom is 0.258 e. The molecule has 1 aromatic heterocycles. The van der Waals surface area contributed by atoms with Gasteiger partial charge in [-0.05, 0) is 22.6 Å². The molecule has 0 aliphatic carbocycles. The number of aryl methyl sites for hydroxylation is 1. The first-order chi connectivity index (χ1) is 10.1. The number of rotatable bonds is 5. The normalized spacial score (nSPS) is 10.1. The van der Waals surface area contributed by atoms with E-state index < -0.39 is 5.91 Å². The SMILES string of the molecule is COc1cc(C(=O)Nc2nnnn2C)cc(OC)c1OC. The Morgan fingerprint density at radius 3 is 2.19 bits per heavy atom. The lowest BCUT2D eigenvalue weighted by Crippen LogP contribution is -2.15. The summed E-state index contributed by atoms with van der Waals surface area (Å²) < 4.78 is 16.9. The summed E-state index contributed by atoms with van der Waals surface area (Å²) in [6.45, 7) is 0. The van der Waals surface area contributed by atoms with Crippen LogP contribution in [0.5, 0.6) is 17.2 Å². The number of amides is 1. The molecule has 0 aliphatic rings. The van der Waals surface area contributed by atoms with E-state index in [4.69, 9.17) is 14.2 Å². The number of aromatic nitrogens is 4. The number of benzene rings is 1. The molecule has 9 heteroatoms. The number of hydrogen-bond acceptors (Lipinski definition) is 7. The lowest BCUT2D eigenvalue weighted by molar-refractivity contribution is 0.102. The molecule has 1 aromatic carbocycles. The van der Waals surface area contributed by atoms with Gasteiger partial charge in [0.1, 0.15) is 0 Å². The standard InChI is InChI=1S/C12H15N5O4/c1-17-12(14-15-16-17)13-11(18)7-5-8(19-2)10(21-4)9(6-7)20-3/h5-6H,1-4H3,(H,13,14,16,18). The highest BCUT2D eigenvalue weighted by Gasteiger charge is 2.18. The molecule has 1 amide bonds. The van der Waals surface area contributed by atoms with E-state index >= 15 is 0 Å². The van der Waals surface area contributed by atoms with Gasteiger partial charge in [0.25, 0.3) is 5.91 Å². The van der Waals surface area contributed by atoms with Gasteiger partial charge in [-0.1, -0.05) is 5.10 Å². The third-order valence-electron chi connectivity index (χ3n) is 2.77. The van der Waals surface area contributed by atoms with E-state index in [1.807, 2.05) is 0 Å². The summed E-state index contributed by atoms with van der Waals surface area (Å²) in [7, 11) is 6.06. The number of anilines is 1. The molecule has 2 aromatic rings. The molecule has 112 valence electrons. The third-order valence-corrected chi connectivity index (χ3v) is 2.77. The molecule has 0 atom stereocenters. The van der Waals surface area contributed by atoms with Gasteiger partial charge >= 0.3 is 0 Å². The fourth-order valence-corrected chi connectivity index (χ4v) is 1.72. The van der Waals surface area contributed by atoms with Crippen molar-refractivity contribution in [1.29, 1.82) is 0 Å². The molecular weight excluding hydrogens is 278 g/mol. The summed E-state index contributed by atoms with van der Waals surface area (Å²) >= 11 is 0. The van der Waals surface area contributed by atoms with Gasteiger partial charge in [-0.2, -0.15) is 0 Å². The van der Waals surface area contributed by atoms with Crippen LogP contribution in [0.15, 0.2) is 12.1 Å². The zero-order valence-corrected chi connectivity index (χ0v) is 12.1. The van der Waals surface area contributed by atoms with Crippen molar-refractivity contribution in [3.8, 4) is 17.2 Å². The fraction of sp³-hybridized carbons (Fsp3) is 0.333. The largest absolute Gasteiger partial charge is 0.493 e. The molecule has 0 bridgehead atoms. The first-order valence-corrected chi connectivity index (χ1v) is 5.94. The predicted molar refractivity (Wildman–Crippen MR) is 72.8 cm³/mol. The van der Waals surface area contributed by atoms with Crippen molar-refractivity contribution < 1.29 is 19.0 Å². The van der Waals surface area contributed by atoms with E-state index in [0.717, 1.165) is 0 Å². The minimum atomic E-state index is -0.396. The molecule has 0 radical (unpaired) electrons. The molecule has 21 heavy (non-hydrogen) atoms. The van der Waals surface area contributed by atoms with Crippen LogP contribution < -0.4 is 19.5 Å². The molecule has 0 fully saturated rings. The Labute approximate surface area is 120 Å². The Bertz CT molecular complexity index is 630. The van der Waals surface area contributed by atoms with Gasteiger partial charge in [0.15, 0.2) is 11.5 Å². The van der Waals surface area contributed by atoms with Crippen LogP contribution in [0.1, 0.15) is 10.4 Å². The van der Waals surface area contributed by atoms with Crippen LogP contribution in [-0.2, 0) is 7.05 Å². The van der Waals surface area contributed by atoms with Crippen LogP contribution in [0, 0.1) is 0 Å². The van der Waals surface area contributed by atoms with E-state index in [-0.39, 0.29) is 5.95 Å². The van der Waals surface area contributed by atoms with Gasteiger partial charge in [0.2, 0.25) is 11.7 Å². The number of ether oxygens (including phenoxy) is 3. The van der Waals surface area contributed by atoms with Crippen LogP contribution in [0.3, 0.4) is 0 Å². The number of carbonyl (C=O) groups excluding carboxylic acids is 1. The molecule has 1 heterocycles. The van der Waals surface area contributed by atoms with E-state index in [1.165, 1.54) is 26.0 Å². The maximum absolute atomic E-state index is 12.2. The van der Waals surface area contributed by atoms with Gasteiger partial charge in [-0.15, -0.1) is 0 Å². The van der Waals surface area contributed by atoms with Crippen molar-refractivity contribution in [2.75, 3.05) is 26.6 Å². The molecule has 0 saturated heterocycles. The van der Waals surface area contributed by atoms with Crippen LogP contribution in [0.4, 0.5) is 5.95 Å². The van der Waals surface area contributed by atoms with E-state index in [2.05, 4.69) is 20.8 Å². The van der Waals surface area contributed by atoms with Crippen molar-refractivity contribution in [3.05, 3.63) is 17.7 Å². The summed E-state index contributed by atoms with van der Waals surface area (Å²) in [5.74, 6) is 1.02. The molecule has 1 N–H and O–H groups in total. The van der Waals surface area contributed by atoms with E-state index in [9.17, 15) is 4.79 Å². The molecular formula is C12H15N5O4. The molecule has 0 unspecified atom stereocenters. The molecule has 9 nitrogen and oxygen atoms in total. The lowest BCUT2D eigenvalue weighted by Gasteiger charge is -2.13. The molecule has 0 aliphatic heterocycles. The van der Waals surface area contributed by atoms with Crippen molar-refractivity contribution >= 4 is 11.9 Å². The highest BCUT2D eigenvalue weighted by atomic mass is 16.5. The number of hydrogen-bond donors (Lipinski definition) is 1. The van der Waals surface area contributed by atoms with Gasteiger partial charge in [0.05, 0.1) is 21.3 Å². The maximum atomic E-state index is 12.2. The Morgan fingerprint density at radius 2 is 1.76 bits per heavy atom. The number of carbonyl (C=O) groups is 1. The zero-order chi connectivity index (χ0) is 15.4. The van der Waals surface area contributed by atoms with Crippen molar-refractivity contribution in [1.82, 2.24) is 20.2 Å². The highest BCUT2D eigenvalue weighted by molar-refractivity contribution is 6.04.